The van der Waals surface area contributed by atoms with Crippen LogP contribution < -0.4 is 0 Å². The second-order valence-corrected chi connectivity index (χ2v) is 2.70. The van der Waals surface area contributed by atoms with Crippen LogP contribution in [0.3, 0.4) is 0 Å². The summed E-state index contributed by atoms with van der Waals surface area (Å²) in [6, 6.07) is 0. The molecule has 0 radical (unpaired) electrons. The Morgan fingerprint density at radius 2 is 2.36 bits per heavy atom. The molecule has 60 valence electrons. The molecule has 1 heterocycles. The average molecular weight is 151 g/mol. The van der Waals surface area contributed by atoms with Crippen LogP contribution in [-0.4, -0.2) is 18.0 Å². The maximum Gasteiger partial charge on any atom is 0.177 e. The van der Waals surface area contributed by atoms with Crippen LogP contribution in [0.2, 0.25) is 0 Å². The number of rotatable bonds is 1. The largest absolute Gasteiger partial charge is 0.293 e. The number of Topliss-reactive ketones (excluding diaryl/α,β-unsaturated/α-hetero) is 1. The van der Waals surface area contributed by atoms with Gasteiger partial charge in [0.25, 0.3) is 0 Å². The lowest BCUT2D eigenvalue weighted by Gasteiger charge is -2.12. The van der Waals surface area contributed by atoms with Crippen LogP contribution in [0.25, 0.3) is 0 Å². The monoisotopic (exact) mass is 151 g/mol. The van der Waals surface area contributed by atoms with Gasteiger partial charge >= 0.3 is 0 Å². The summed E-state index contributed by atoms with van der Waals surface area (Å²) in [7, 11) is 0. The standard InChI is InChI=1S/C9H13NO/c1-3-8-5-4-6-10-9(8)7(2)11/h3H,4-6H2,1-2H3. The average Bonchev–Trinajstić information content (AvgIpc) is 2.04. The fourth-order valence-electron chi connectivity index (χ4n) is 1.30. The molecule has 11 heavy (non-hydrogen) atoms. The molecule has 2 nitrogen and oxygen atoms in total. The third-order valence-corrected chi connectivity index (χ3v) is 1.86. The zero-order valence-electron chi connectivity index (χ0n) is 7.05. The van der Waals surface area contributed by atoms with Crippen LogP contribution in [0.1, 0.15) is 26.7 Å². The number of ketones is 1. The van der Waals surface area contributed by atoms with Crippen LogP contribution in [0.15, 0.2) is 16.6 Å². The third-order valence-electron chi connectivity index (χ3n) is 1.86. The van der Waals surface area contributed by atoms with Crippen molar-refractivity contribution >= 4 is 11.5 Å². The highest BCUT2D eigenvalue weighted by Gasteiger charge is 2.14. The molecule has 0 atom stereocenters. The zero-order valence-corrected chi connectivity index (χ0v) is 7.05. The van der Waals surface area contributed by atoms with E-state index in [1.54, 1.807) is 6.92 Å². The van der Waals surface area contributed by atoms with Gasteiger partial charge < -0.3 is 0 Å². The molecule has 2 heteroatoms. The minimum absolute atomic E-state index is 0.0952. The van der Waals surface area contributed by atoms with Gasteiger partial charge in [-0.15, -0.1) is 0 Å². The molecule has 0 spiro atoms. The van der Waals surface area contributed by atoms with Crippen molar-refractivity contribution in [1.29, 1.82) is 0 Å². The molecule has 0 aromatic carbocycles. The van der Waals surface area contributed by atoms with E-state index in [1.165, 1.54) is 0 Å². The fourth-order valence-corrected chi connectivity index (χ4v) is 1.30. The molecule has 0 N–H and O–H groups in total. The number of carbonyl (C=O) groups is 1. The molecule has 0 fully saturated rings. The Balaban J connectivity index is 2.89. The third kappa shape index (κ3) is 1.76. The van der Waals surface area contributed by atoms with Crippen molar-refractivity contribution < 1.29 is 4.79 Å². The van der Waals surface area contributed by atoms with E-state index < -0.39 is 0 Å². The highest BCUT2D eigenvalue weighted by molar-refractivity contribution is 6.45. The van der Waals surface area contributed by atoms with Crippen LogP contribution in [0.4, 0.5) is 0 Å². The minimum atomic E-state index is 0.0952. The van der Waals surface area contributed by atoms with Gasteiger partial charge in [0.05, 0.1) is 0 Å². The summed E-state index contributed by atoms with van der Waals surface area (Å²) in [6.07, 6.45) is 4.07. The van der Waals surface area contributed by atoms with Gasteiger partial charge in [0.15, 0.2) is 5.78 Å². The molecule has 1 rings (SSSR count). The van der Waals surface area contributed by atoms with E-state index in [0.717, 1.165) is 25.0 Å². The Morgan fingerprint density at radius 1 is 1.64 bits per heavy atom. The normalized spacial score (nSPS) is 21.6. The number of hydrogen-bond acceptors (Lipinski definition) is 2. The van der Waals surface area contributed by atoms with Crippen LogP contribution in [0, 0.1) is 0 Å². The first kappa shape index (κ1) is 8.18. The van der Waals surface area contributed by atoms with Crippen molar-refractivity contribution in [3.8, 4) is 0 Å². The number of nitrogens with zero attached hydrogens (tertiary/aromatic N) is 1. The molecule has 0 bridgehead atoms. The zero-order chi connectivity index (χ0) is 8.27. The summed E-state index contributed by atoms with van der Waals surface area (Å²) >= 11 is 0. The van der Waals surface area contributed by atoms with Crippen molar-refractivity contribution in [1.82, 2.24) is 0 Å². The molecule has 0 amide bonds. The Kier molecular flexibility index (Phi) is 2.58. The summed E-state index contributed by atoms with van der Waals surface area (Å²) < 4.78 is 0. The molecule has 0 saturated carbocycles. The molecule has 0 aliphatic carbocycles. The van der Waals surface area contributed by atoms with Gasteiger partial charge in [0, 0.05) is 13.5 Å². The molecule has 0 unspecified atom stereocenters. The Bertz CT molecular complexity index is 226. The molecule has 1 aliphatic rings. The van der Waals surface area contributed by atoms with E-state index in [2.05, 4.69) is 4.99 Å². The lowest BCUT2D eigenvalue weighted by molar-refractivity contribution is -0.111. The van der Waals surface area contributed by atoms with Crippen LogP contribution in [0.5, 0.6) is 0 Å². The quantitative estimate of drug-likeness (QED) is 0.561. The summed E-state index contributed by atoms with van der Waals surface area (Å²) in [6.45, 7) is 4.35. The topological polar surface area (TPSA) is 29.4 Å². The Hall–Kier alpha value is -0.920. The lowest BCUT2D eigenvalue weighted by atomic mass is 9.99. The van der Waals surface area contributed by atoms with Gasteiger partial charge in [-0.05, 0) is 25.3 Å². The first-order chi connectivity index (χ1) is 5.25. The van der Waals surface area contributed by atoms with Crippen LogP contribution in [-0.2, 0) is 4.79 Å². The van der Waals surface area contributed by atoms with Crippen molar-refractivity contribution in [2.45, 2.75) is 26.7 Å². The number of allylic oxidation sites excluding steroid dienone is 2. The second kappa shape index (κ2) is 3.46. The van der Waals surface area contributed by atoms with Gasteiger partial charge in [-0.1, -0.05) is 6.08 Å². The molecule has 1 aliphatic heterocycles. The number of hydrogen-bond donors (Lipinski definition) is 0. The Labute approximate surface area is 67.0 Å². The Morgan fingerprint density at radius 3 is 2.82 bits per heavy atom. The summed E-state index contributed by atoms with van der Waals surface area (Å²) in [5, 5.41) is 0. The summed E-state index contributed by atoms with van der Waals surface area (Å²) in [4.78, 5) is 15.2. The van der Waals surface area contributed by atoms with Gasteiger partial charge in [0.1, 0.15) is 5.71 Å². The van der Waals surface area contributed by atoms with Crippen molar-refractivity contribution in [3.05, 3.63) is 11.6 Å². The number of carbonyl (C=O) groups excluding carboxylic acids is 1. The van der Waals surface area contributed by atoms with Gasteiger partial charge in [-0.25, -0.2) is 0 Å². The summed E-state index contributed by atoms with van der Waals surface area (Å²) in [5.41, 5.74) is 1.81. The maximum absolute atomic E-state index is 11.0. The lowest BCUT2D eigenvalue weighted by Crippen LogP contribution is -2.17. The smallest absolute Gasteiger partial charge is 0.177 e. The molecular formula is C9H13NO. The van der Waals surface area contributed by atoms with Crippen LogP contribution >= 0.6 is 0 Å². The van der Waals surface area contributed by atoms with E-state index in [9.17, 15) is 4.79 Å². The van der Waals surface area contributed by atoms with Crippen molar-refractivity contribution in [3.63, 3.8) is 0 Å². The van der Waals surface area contributed by atoms with E-state index >= 15 is 0 Å². The van der Waals surface area contributed by atoms with E-state index in [4.69, 9.17) is 0 Å². The van der Waals surface area contributed by atoms with Crippen molar-refractivity contribution in [2.75, 3.05) is 6.54 Å². The molecule has 0 aromatic heterocycles. The fraction of sp³-hybridized carbons (Fsp3) is 0.556. The van der Waals surface area contributed by atoms with Gasteiger partial charge in [-0.3, -0.25) is 9.79 Å². The predicted molar refractivity (Wildman–Crippen MR) is 46.0 cm³/mol. The number of aliphatic imine (C=N–C) groups is 1. The maximum atomic E-state index is 11.0. The van der Waals surface area contributed by atoms with Gasteiger partial charge in [0.2, 0.25) is 0 Å². The van der Waals surface area contributed by atoms with E-state index in [-0.39, 0.29) is 5.78 Å². The minimum Gasteiger partial charge on any atom is -0.293 e. The first-order valence-corrected chi connectivity index (χ1v) is 3.96. The highest BCUT2D eigenvalue weighted by Crippen LogP contribution is 2.13. The van der Waals surface area contributed by atoms with E-state index in [0.29, 0.717) is 5.71 Å². The van der Waals surface area contributed by atoms with E-state index in [1.807, 2.05) is 13.0 Å². The van der Waals surface area contributed by atoms with Gasteiger partial charge in [-0.2, -0.15) is 0 Å². The SMILES string of the molecule is CC=C1CCCN=C1C(C)=O. The summed E-state index contributed by atoms with van der Waals surface area (Å²) in [5.74, 6) is 0.0952. The first-order valence-electron chi connectivity index (χ1n) is 3.96. The second-order valence-electron chi connectivity index (χ2n) is 2.70. The molecule has 0 saturated heterocycles. The molecular weight excluding hydrogens is 138 g/mol. The van der Waals surface area contributed by atoms with Crippen molar-refractivity contribution in [2.24, 2.45) is 4.99 Å². The predicted octanol–water partition coefficient (Wildman–Crippen LogP) is 1.76. The highest BCUT2D eigenvalue weighted by atomic mass is 16.1. The molecule has 0 aromatic rings.